The molecule has 1 fully saturated rings. The smallest absolute Gasteiger partial charge is 0.323 e. The van der Waals surface area contributed by atoms with E-state index in [9.17, 15) is 22.8 Å². The SMILES string of the molecule is CCOC(=O)CN1CCC(c2ncc(-c3ccc(NC(=O)Nc4c(F)cc(F)cc4F)cc3)s2)CC1. The molecule has 1 saturated heterocycles. The molecule has 36 heavy (non-hydrogen) atoms. The number of urea groups is 1. The fourth-order valence-corrected chi connectivity index (χ4v) is 5.08. The van der Waals surface area contributed by atoms with Gasteiger partial charge in [0.15, 0.2) is 11.6 Å². The fraction of sp³-hybridized carbons (Fsp3) is 0.320. The largest absolute Gasteiger partial charge is 0.465 e. The zero-order valence-corrected chi connectivity index (χ0v) is 20.3. The molecule has 1 aromatic heterocycles. The molecule has 0 atom stereocenters. The summed E-state index contributed by atoms with van der Waals surface area (Å²) in [7, 11) is 0. The van der Waals surface area contributed by atoms with Gasteiger partial charge in [0, 0.05) is 29.9 Å². The Labute approximate surface area is 210 Å². The van der Waals surface area contributed by atoms with Crippen LogP contribution in [0, 0.1) is 17.5 Å². The molecule has 1 aliphatic heterocycles. The first-order chi connectivity index (χ1) is 17.3. The van der Waals surface area contributed by atoms with Gasteiger partial charge in [-0.15, -0.1) is 11.3 Å². The summed E-state index contributed by atoms with van der Waals surface area (Å²) in [6.07, 6.45) is 3.65. The third kappa shape index (κ3) is 6.41. The molecule has 0 unspecified atom stereocenters. The number of carbonyl (C=O) groups excluding carboxylic acids is 2. The van der Waals surface area contributed by atoms with Crippen LogP contribution < -0.4 is 10.6 Å². The summed E-state index contributed by atoms with van der Waals surface area (Å²) in [5.41, 5.74) is 0.604. The van der Waals surface area contributed by atoms with Gasteiger partial charge in [0.25, 0.3) is 0 Å². The lowest BCUT2D eigenvalue weighted by molar-refractivity contribution is -0.144. The van der Waals surface area contributed by atoms with Crippen molar-refractivity contribution in [2.24, 2.45) is 0 Å². The van der Waals surface area contributed by atoms with Crippen LogP contribution in [0.5, 0.6) is 0 Å². The van der Waals surface area contributed by atoms with Crippen LogP contribution in [-0.4, -0.2) is 48.1 Å². The summed E-state index contributed by atoms with van der Waals surface area (Å²) in [6, 6.07) is 7.08. The van der Waals surface area contributed by atoms with Crippen LogP contribution in [-0.2, 0) is 9.53 Å². The maximum absolute atomic E-state index is 13.7. The number of amides is 2. The van der Waals surface area contributed by atoms with Gasteiger partial charge in [-0.1, -0.05) is 12.1 Å². The average Bonchev–Trinajstić information content (AvgIpc) is 3.33. The number of aromatic nitrogens is 1. The van der Waals surface area contributed by atoms with Crippen molar-refractivity contribution in [3.05, 3.63) is 65.1 Å². The topological polar surface area (TPSA) is 83.6 Å². The van der Waals surface area contributed by atoms with Crippen LogP contribution >= 0.6 is 11.3 Å². The highest BCUT2D eigenvalue weighted by Gasteiger charge is 2.24. The van der Waals surface area contributed by atoms with Crippen molar-refractivity contribution in [2.45, 2.75) is 25.7 Å². The third-order valence-corrected chi connectivity index (χ3v) is 7.00. The van der Waals surface area contributed by atoms with Crippen LogP contribution in [0.25, 0.3) is 10.4 Å². The van der Waals surface area contributed by atoms with E-state index in [-0.39, 0.29) is 5.97 Å². The third-order valence-electron chi connectivity index (χ3n) is 5.79. The number of thiazole rings is 1. The minimum absolute atomic E-state index is 0.197. The highest BCUT2D eigenvalue weighted by Crippen LogP contribution is 2.35. The fourth-order valence-electron chi connectivity index (χ4n) is 3.99. The molecule has 0 saturated carbocycles. The number of anilines is 2. The monoisotopic (exact) mass is 518 g/mol. The number of nitrogens with one attached hydrogen (secondary N) is 2. The molecule has 2 amide bonds. The van der Waals surface area contributed by atoms with Crippen LogP contribution in [0.15, 0.2) is 42.6 Å². The first kappa shape index (κ1) is 25.6. The molecular weight excluding hydrogens is 493 g/mol. The lowest BCUT2D eigenvalue weighted by Gasteiger charge is -2.30. The van der Waals surface area contributed by atoms with Gasteiger partial charge in [0.2, 0.25) is 0 Å². The molecular formula is C25H25F3N4O3S. The zero-order valence-electron chi connectivity index (χ0n) is 19.5. The normalized spacial score (nSPS) is 14.4. The summed E-state index contributed by atoms with van der Waals surface area (Å²) >= 11 is 1.61. The second-order valence-electron chi connectivity index (χ2n) is 8.32. The number of hydrogen-bond donors (Lipinski definition) is 2. The Morgan fingerprint density at radius 2 is 1.75 bits per heavy atom. The molecule has 3 aromatic rings. The maximum Gasteiger partial charge on any atom is 0.323 e. The minimum Gasteiger partial charge on any atom is -0.465 e. The number of ether oxygens (including phenoxy) is 1. The quantitative estimate of drug-likeness (QED) is 0.397. The van der Waals surface area contributed by atoms with E-state index in [1.54, 1.807) is 30.4 Å². The number of rotatable bonds is 7. The summed E-state index contributed by atoms with van der Waals surface area (Å²) in [4.78, 5) is 31.5. The van der Waals surface area contributed by atoms with Crippen LogP contribution in [0.3, 0.4) is 0 Å². The average molecular weight is 519 g/mol. The Morgan fingerprint density at radius 1 is 1.08 bits per heavy atom. The van der Waals surface area contributed by atoms with Gasteiger partial charge in [0.1, 0.15) is 11.5 Å². The molecule has 0 radical (unpaired) electrons. The summed E-state index contributed by atoms with van der Waals surface area (Å²) in [5.74, 6) is -3.35. The van der Waals surface area contributed by atoms with Crippen LogP contribution in [0.2, 0.25) is 0 Å². The molecule has 2 N–H and O–H groups in total. The maximum atomic E-state index is 13.7. The molecule has 0 bridgehead atoms. The molecule has 190 valence electrons. The standard InChI is InChI=1S/C25H25F3N4O3S/c1-2-35-22(33)14-32-9-7-16(8-10-32)24-29-13-21(36-24)15-3-5-18(6-4-15)30-25(34)31-23-19(27)11-17(26)12-20(23)28/h3-6,11-13,16H,2,7-10,14H2,1H3,(H2,30,31,34). The summed E-state index contributed by atoms with van der Waals surface area (Å²) in [5, 5.41) is 5.60. The van der Waals surface area contributed by atoms with Crippen molar-refractivity contribution in [3.63, 3.8) is 0 Å². The number of carbonyl (C=O) groups is 2. The Bertz CT molecular complexity index is 1200. The Kier molecular flexibility index (Phi) is 8.21. The van der Waals surface area contributed by atoms with E-state index < -0.39 is 29.2 Å². The second kappa shape index (κ2) is 11.5. The van der Waals surface area contributed by atoms with Crippen LogP contribution in [0.4, 0.5) is 29.3 Å². The molecule has 0 aliphatic carbocycles. The molecule has 0 spiro atoms. The van der Waals surface area contributed by atoms with Crippen molar-refractivity contribution in [2.75, 3.05) is 36.9 Å². The van der Waals surface area contributed by atoms with Crippen molar-refractivity contribution < 1.29 is 27.5 Å². The van der Waals surface area contributed by atoms with Gasteiger partial charge >= 0.3 is 12.0 Å². The summed E-state index contributed by atoms with van der Waals surface area (Å²) in [6.45, 7) is 4.12. The van der Waals surface area contributed by atoms with Crippen LogP contribution in [0.1, 0.15) is 30.7 Å². The van der Waals surface area contributed by atoms with Gasteiger partial charge in [-0.25, -0.2) is 22.9 Å². The Hall–Kier alpha value is -3.44. The minimum atomic E-state index is -1.20. The number of esters is 1. The van der Waals surface area contributed by atoms with Gasteiger partial charge in [-0.3, -0.25) is 9.69 Å². The van der Waals surface area contributed by atoms with E-state index in [4.69, 9.17) is 4.74 Å². The van der Waals surface area contributed by atoms with Gasteiger partial charge in [-0.2, -0.15) is 0 Å². The van der Waals surface area contributed by atoms with Crippen molar-refractivity contribution in [3.8, 4) is 10.4 Å². The van der Waals surface area contributed by atoms with E-state index in [0.717, 1.165) is 41.4 Å². The molecule has 11 heteroatoms. The number of benzene rings is 2. The predicted octanol–water partition coefficient (Wildman–Crippen LogP) is 5.61. The second-order valence-corrected chi connectivity index (χ2v) is 9.38. The highest BCUT2D eigenvalue weighted by molar-refractivity contribution is 7.15. The van der Waals surface area contributed by atoms with E-state index in [1.165, 1.54) is 0 Å². The number of hydrogen-bond acceptors (Lipinski definition) is 6. The number of halogens is 3. The molecule has 1 aliphatic rings. The van der Waals surface area contributed by atoms with E-state index in [1.807, 2.05) is 18.3 Å². The summed E-state index contributed by atoms with van der Waals surface area (Å²) < 4.78 is 45.5. The van der Waals surface area contributed by atoms with Gasteiger partial charge in [-0.05, 0) is 50.6 Å². The molecule has 7 nitrogen and oxygen atoms in total. The van der Waals surface area contributed by atoms with Gasteiger partial charge < -0.3 is 15.4 Å². The van der Waals surface area contributed by atoms with E-state index in [2.05, 4.69) is 20.5 Å². The van der Waals surface area contributed by atoms with Crippen molar-refractivity contribution in [1.82, 2.24) is 9.88 Å². The van der Waals surface area contributed by atoms with Crippen molar-refractivity contribution >= 4 is 34.7 Å². The zero-order chi connectivity index (χ0) is 25.7. The molecule has 2 heterocycles. The first-order valence-corrected chi connectivity index (χ1v) is 12.3. The van der Waals surface area contributed by atoms with E-state index >= 15 is 0 Å². The van der Waals surface area contributed by atoms with Gasteiger partial charge in [0.05, 0.1) is 23.0 Å². The first-order valence-electron chi connectivity index (χ1n) is 11.5. The highest BCUT2D eigenvalue weighted by atomic mass is 32.1. The lowest BCUT2D eigenvalue weighted by Crippen LogP contribution is -2.37. The number of likely N-dealkylation sites (tertiary alicyclic amines) is 1. The Balaban J connectivity index is 1.32. The Morgan fingerprint density at radius 3 is 2.39 bits per heavy atom. The predicted molar refractivity (Wildman–Crippen MR) is 132 cm³/mol. The molecule has 4 rings (SSSR count). The lowest BCUT2D eigenvalue weighted by atomic mass is 9.97. The van der Waals surface area contributed by atoms with Crippen molar-refractivity contribution in [1.29, 1.82) is 0 Å². The number of nitrogens with zero attached hydrogens (tertiary/aromatic N) is 2. The number of piperidine rings is 1. The van der Waals surface area contributed by atoms with E-state index in [0.29, 0.717) is 36.9 Å². The molecule has 2 aromatic carbocycles.